The summed E-state index contributed by atoms with van der Waals surface area (Å²) in [6.45, 7) is 7.29. The summed E-state index contributed by atoms with van der Waals surface area (Å²) in [5, 5.41) is 10.1. The van der Waals surface area contributed by atoms with Crippen LogP contribution in [0.5, 0.6) is 5.75 Å². The molecule has 0 fully saturated rings. The Bertz CT molecular complexity index is 1000. The highest BCUT2D eigenvalue weighted by molar-refractivity contribution is 6.09. The fraction of sp³-hybridized carbons (Fsp3) is 0.118. The summed E-state index contributed by atoms with van der Waals surface area (Å²) in [6, 6.07) is 3.37. The summed E-state index contributed by atoms with van der Waals surface area (Å²) in [5.41, 5.74) is 15.1. The Kier molecular flexibility index (Phi) is 3.48. The first kappa shape index (κ1) is 15.5. The van der Waals surface area contributed by atoms with Crippen molar-refractivity contribution in [1.29, 1.82) is 0 Å². The largest absolute Gasteiger partial charge is 0.508 e. The molecule has 2 aromatic heterocycles. The number of amides is 1. The van der Waals surface area contributed by atoms with Gasteiger partial charge in [-0.15, -0.1) is 0 Å². The lowest BCUT2D eigenvalue weighted by molar-refractivity contribution is 0.100. The van der Waals surface area contributed by atoms with Crippen molar-refractivity contribution in [3.8, 4) is 11.4 Å². The van der Waals surface area contributed by atoms with E-state index in [0.717, 1.165) is 5.56 Å². The summed E-state index contributed by atoms with van der Waals surface area (Å²) in [4.78, 5) is 20.6. The smallest absolute Gasteiger partial charge is 0.254 e. The molecule has 1 aromatic carbocycles. The molecule has 1 amide bonds. The predicted octanol–water partition coefficient (Wildman–Crippen LogP) is 2.07. The van der Waals surface area contributed by atoms with Gasteiger partial charge in [0.25, 0.3) is 5.91 Å². The molecule has 0 aliphatic rings. The van der Waals surface area contributed by atoms with Crippen molar-refractivity contribution in [1.82, 2.24) is 14.5 Å². The van der Waals surface area contributed by atoms with E-state index in [1.807, 2.05) is 6.92 Å². The van der Waals surface area contributed by atoms with Crippen LogP contribution in [0.15, 0.2) is 24.9 Å². The molecule has 0 spiro atoms. The van der Waals surface area contributed by atoms with Crippen molar-refractivity contribution in [2.24, 2.45) is 5.73 Å². The second kappa shape index (κ2) is 5.38. The van der Waals surface area contributed by atoms with Crippen molar-refractivity contribution in [2.45, 2.75) is 13.8 Å². The van der Waals surface area contributed by atoms with Crippen LogP contribution in [0.4, 0.5) is 5.82 Å². The second-order valence-electron chi connectivity index (χ2n) is 5.51. The number of aryl methyl sites for hydroxylation is 1. The third-order valence-electron chi connectivity index (χ3n) is 4.00. The number of rotatable bonds is 3. The van der Waals surface area contributed by atoms with Crippen molar-refractivity contribution < 1.29 is 9.90 Å². The third-order valence-corrected chi connectivity index (χ3v) is 4.00. The van der Waals surface area contributed by atoms with Gasteiger partial charge in [0.1, 0.15) is 22.6 Å². The number of aromatic hydroxyl groups is 1. The van der Waals surface area contributed by atoms with Crippen molar-refractivity contribution in [2.75, 3.05) is 5.73 Å². The first-order valence-corrected chi connectivity index (χ1v) is 7.25. The third kappa shape index (κ3) is 2.10. The number of carbonyl (C=O) groups is 1. The molecule has 7 nitrogen and oxygen atoms in total. The topological polar surface area (TPSA) is 120 Å². The Balaban J connectivity index is 2.51. The second-order valence-corrected chi connectivity index (χ2v) is 5.51. The molecule has 0 aliphatic heterocycles. The van der Waals surface area contributed by atoms with E-state index in [9.17, 15) is 9.90 Å². The zero-order chi connectivity index (χ0) is 17.6. The van der Waals surface area contributed by atoms with Crippen LogP contribution in [-0.4, -0.2) is 25.5 Å². The SMILES string of the molecule is C=Cc1cnc2c(n1)c(C(N)=O)c(N)n2-c1c(C)ccc(O)c1C. The van der Waals surface area contributed by atoms with Crippen LogP contribution in [0.2, 0.25) is 0 Å². The Morgan fingerprint density at radius 2 is 2.08 bits per heavy atom. The zero-order valence-electron chi connectivity index (χ0n) is 13.4. The van der Waals surface area contributed by atoms with Gasteiger partial charge in [0.05, 0.1) is 17.6 Å². The molecule has 5 N–H and O–H groups in total. The number of nitrogens with zero attached hydrogens (tertiary/aromatic N) is 3. The lowest BCUT2D eigenvalue weighted by Crippen LogP contribution is -2.14. The fourth-order valence-corrected chi connectivity index (χ4v) is 2.81. The molecule has 0 atom stereocenters. The summed E-state index contributed by atoms with van der Waals surface area (Å²) < 4.78 is 1.60. The number of phenolic OH excluding ortho intramolecular Hbond substituents is 1. The van der Waals surface area contributed by atoms with Gasteiger partial charge in [-0.2, -0.15) is 0 Å². The maximum absolute atomic E-state index is 11.9. The number of phenols is 1. The Morgan fingerprint density at radius 3 is 2.71 bits per heavy atom. The lowest BCUT2D eigenvalue weighted by Gasteiger charge is -2.15. The maximum Gasteiger partial charge on any atom is 0.254 e. The molecule has 122 valence electrons. The highest BCUT2D eigenvalue weighted by Gasteiger charge is 2.24. The number of carbonyl (C=O) groups excluding carboxylic acids is 1. The molecule has 2 heterocycles. The molecular formula is C17H17N5O2. The number of hydrogen-bond acceptors (Lipinski definition) is 5. The van der Waals surface area contributed by atoms with Crippen LogP contribution in [0.3, 0.4) is 0 Å². The van der Waals surface area contributed by atoms with E-state index in [2.05, 4.69) is 16.5 Å². The maximum atomic E-state index is 11.9. The van der Waals surface area contributed by atoms with Gasteiger partial charge in [-0.25, -0.2) is 9.97 Å². The van der Waals surface area contributed by atoms with Gasteiger partial charge in [0, 0.05) is 5.56 Å². The minimum atomic E-state index is -0.692. The number of fused-ring (bicyclic) bond motifs is 1. The van der Waals surface area contributed by atoms with E-state index in [0.29, 0.717) is 28.1 Å². The highest BCUT2D eigenvalue weighted by atomic mass is 16.3. The minimum Gasteiger partial charge on any atom is -0.508 e. The summed E-state index contributed by atoms with van der Waals surface area (Å²) >= 11 is 0. The molecule has 0 bridgehead atoms. The Labute approximate surface area is 138 Å². The van der Waals surface area contributed by atoms with Crippen molar-refractivity contribution >= 4 is 29.0 Å². The summed E-state index contributed by atoms with van der Waals surface area (Å²) in [6.07, 6.45) is 3.05. The van der Waals surface area contributed by atoms with E-state index < -0.39 is 5.91 Å². The van der Waals surface area contributed by atoms with E-state index in [4.69, 9.17) is 11.5 Å². The number of aromatic nitrogens is 3. The van der Waals surface area contributed by atoms with E-state index in [-0.39, 0.29) is 17.1 Å². The standard InChI is InChI=1S/C17H17N5O2/c1-4-10-7-20-17-13(21-10)12(16(19)24)15(18)22(17)14-8(2)5-6-11(23)9(14)3/h4-7,23H,1,18H2,2-3H3,(H2,19,24). The Hall–Kier alpha value is -3.35. The minimum absolute atomic E-state index is 0.100. The zero-order valence-corrected chi connectivity index (χ0v) is 13.4. The van der Waals surface area contributed by atoms with Crippen LogP contribution < -0.4 is 11.5 Å². The number of hydrogen-bond donors (Lipinski definition) is 3. The number of benzene rings is 1. The first-order valence-electron chi connectivity index (χ1n) is 7.25. The molecule has 0 radical (unpaired) electrons. The molecule has 0 saturated heterocycles. The van der Waals surface area contributed by atoms with Crippen LogP contribution in [0.1, 0.15) is 27.2 Å². The normalized spacial score (nSPS) is 10.9. The highest BCUT2D eigenvalue weighted by Crippen LogP contribution is 2.34. The summed E-state index contributed by atoms with van der Waals surface area (Å²) in [5.74, 6) is -0.439. The molecular weight excluding hydrogens is 306 g/mol. The number of nitrogens with two attached hydrogens (primary N) is 2. The van der Waals surface area contributed by atoms with Gasteiger partial charge >= 0.3 is 0 Å². The molecule has 0 aliphatic carbocycles. The first-order chi connectivity index (χ1) is 11.4. The van der Waals surface area contributed by atoms with E-state index >= 15 is 0 Å². The van der Waals surface area contributed by atoms with Crippen LogP contribution >= 0.6 is 0 Å². The number of anilines is 1. The molecule has 3 rings (SSSR count). The average Bonchev–Trinajstić information content (AvgIpc) is 2.83. The van der Waals surface area contributed by atoms with Gasteiger partial charge < -0.3 is 16.6 Å². The van der Waals surface area contributed by atoms with Crippen LogP contribution in [0.25, 0.3) is 22.9 Å². The van der Waals surface area contributed by atoms with Crippen molar-refractivity contribution in [3.05, 3.63) is 47.3 Å². The fourth-order valence-electron chi connectivity index (χ4n) is 2.81. The van der Waals surface area contributed by atoms with Gasteiger partial charge in [0.2, 0.25) is 0 Å². The van der Waals surface area contributed by atoms with E-state index in [1.54, 1.807) is 23.6 Å². The quantitative estimate of drug-likeness (QED) is 0.681. The van der Waals surface area contributed by atoms with Gasteiger partial charge in [-0.1, -0.05) is 12.6 Å². The summed E-state index contributed by atoms with van der Waals surface area (Å²) in [7, 11) is 0. The van der Waals surface area contributed by atoms with E-state index in [1.165, 1.54) is 12.3 Å². The molecule has 24 heavy (non-hydrogen) atoms. The van der Waals surface area contributed by atoms with Gasteiger partial charge in [0.15, 0.2) is 5.65 Å². The predicted molar refractivity (Wildman–Crippen MR) is 93.0 cm³/mol. The average molecular weight is 323 g/mol. The van der Waals surface area contributed by atoms with Crippen LogP contribution in [0, 0.1) is 13.8 Å². The molecule has 7 heteroatoms. The molecule has 0 saturated carbocycles. The van der Waals surface area contributed by atoms with Crippen LogP contribution in [-0.2, 0) is 0 Å². The number of nitrogen functional groups attached to an aromatic ring is 1. The monoisotopic (exact) mass is 323 g/mol. The van der Waals surface area contributed by atoms with Crippen molar-refractivity contribution in [3.63, 3.8) is 0 Å². The molecule has 0 unspecified atom stereocenters. The molecule has 3 aromatic rings. The van der Waals surface area contributed by atoms with Gasteiger partial charge in [-0.3, -0.25) is 9.36 Å². The van der Waals surface area contributed by atoms with Gasteiger partial charge in [-0.05, 0) is 31.6 Å². The number of primary amides is 1. The lowest BCUT2D eigenvalue weighted by atomic mass is 10.1. The Morgan fingerprint density at radius 1 is 1.38 bits per heavy atom.